The average molecular weight is 1150 g/mol. The number of fused-ring (bicyclic) bond motifs is 4. The van der Waals surface area contributed by atoms with Crippen LogP contribution in [0.3, 0.4) is 0 Å². The third-order valence-electron chi connectivity index (χ3n) is 17.9. The van der Waals surface area contributed by atoms with Crippen molar-refractivity contribution < 1.29 is 5.11 Å². The van der Waals surface area contributed by atoms with Gasteiger partial charge in [0.2, 0.25) is 0 Å². The Balaban J connectivity index is 1.09. The summed E-state index contributed by atoms with van der Waals surface area (Å²) < 4.78 is 4.76. The molecule has 0 bridgehead atoms. The van der Waals surface area contributed by atoms with E-state index in [9.17, 15) is 5.11 Å². The van der Waals surface area contributed by atoms with Gasteiger partial charge in [0.25, 0.3) is 0 Å². The van der Waals surface area contributed by atoms with E-state index in [1.165, 1.54) is 55.2 Å². The monoisotopic (exact) mass is 1150 g/mol. The zero-order valence-corrected chi connectivity index (χ0v) is 55.9. The molecule has 0 saturated carbocycles. The Morgan fingerprint density at radius 1 is 0.322 bits per heavy atom. The van der Waals surface area contributed by atoms with Crippen molar-refractivity contribution in [3.05, 3.63) is 209 Å². The van der Waals surface area contributed by atoms with Crippen LogP contribution in [0.25, 0.3) is 100 Å². The summed E-state index contributed by atoms with van der Waals surface area (Å²) >= 11 is 0. The van der Waals surface area contributed by atoms with Gasteiger partial charge in [0.05, 0.1) is 33.3 Å². The summed E-state index contributed by atoms with van der Waals surface area (Å²) in [6.45, 7) is 47.7. The molecule has 0 saturated heterocycles. The number of para-hydroxylation sites is 2. The van der Waals surface area contributed by atoms with Gasteiger partial charge in [-0.05, 0) is 172 Å². The SMILES string of the molecule is CC(C)(C)c1cc(-c2cc(-c3ccc4c5ccccc5n(-c5cccc(-c6cc(C(C)(C)C)cc(C(C)(C)C)c6)c5)c4c3)ccn2)cc(-c2cccc3c2nc(-c2cc(C(C)(C)C)cc(C(C)(C)C)c2O)n3-c2cc(C(C)(C)C)cc(C(C)(C)C)c2)c1. The molecule has 1 N–H and O–H groups in total. The lowest BCUT2D eigenvalue weighted by atomic mass is 9.78. The van der Waals surface area contributed by atoms with Crippen molar-refractivity contribution in [1.82, 2.24) is 19.1 Å². The molecule has 5 nitrogen and oxygen atoms in total. The molecule has 87 heavy (non-hydrogen) atoms. The van der Waals surface area contributed by atoms with E-state index in [4.69, 9.17) is 9.97 Å². The topological polar surface area (TPSA) is 55.9 Å². The molecule has 0 aliphatic heterocycles. The molecule has 0 aliphatic carbocycles. The molecule has 0 amide bonds. The summed E-state index contributed by atoms with van der Waals surface area (Å²) in [6, 6.07) is 61.4. The summed E-state index contributed by atoms with van der Waals surface area (Å²) in [5, 5.41) is 15.1. The smallest absolute Gasteiger partial charge is 0.149 e. The second-order valence-electron chi connectivity index (χ2n) is 32.0. The number of hydrogen-bond donors (Lipinski definition) is 1. The molecule has 0 radical (unpaired) electrons. The minimum atomic E-state index is -0.334. The highest BCUT2D eigenvalue weighted by Gasteiger charge is 2.31. The molecule has 11 rings (SSSR count). The first-order chi connectivity index (χ1) is 40.4. The Bertz CT molecular complexity index is 4420. The van der Waals surface area contributed by atoms with Crippen LogP contribution in [0, 0.1) is 0 Å². The van der Waals surface area contributed by atoms with E-state index in [1.807, 2.05) is 6.20 Å². The van der Waals surface area contributed by atoms with Crippen LogP contribution in [0.15, 0.2) is 170 Å². The fraction of sp³-hybridized carbons (Fsp3) is 0.341. The van der Waals surface area contributed by atoms with E-state index in [0.717, 1.165) is 78.1 Å². The van der Waals surface area contributed by atoms with E-state index in [1.54, 1.807) is 0 Å². The molecule has 0 unspecified atom stereocenters. The predicted octanol–water partition coefficient (Wildman–Crippen LogP) is 22.6. The predicted molar refractivity (Wildman–Crippen MR) is 373 cm³/mol. The van der Waals surface area contributed by atoms with Crippen LogP contribution < -0.4 is 0 Å². The van der Waals surface area contributed by atoms with Crippen molar-refractivity contribution in [2.45, 2.75) is 183 Å². The fourth-order valence-electron chi connectivity index (χ4n) is 12.2. The van der Waals surface area contributed by atoms with Gasteiger partial charge in [0, 0.05) is 45.0 Å². The number of aromatic hydroxyl groups is 1. The lowest BCUT2D eigenvalue weighted by molar-refractivity contribution is 0.446. The number of rotatable bonds is 7. The van der Waals surface area contributed by atoms with Gasteiger partial charge < -0.3 is 9.67 Å². The lowest BCUT2D eigenvalue weighted by Gasteiger charge is -2.28. The van der Waals surface area contributed by atoms with E-state index in [2.05, 4.69) is 318 Å². The second kappa shape index (κ2) is 21.1. The lowest BCUT2D eigenvalue weighted by Crippen LogP contribution is -2.18. The Kier molecular flexibility index (Phi) is 14.7. The standard InChI is InChI=1S/C82H92N4O/c1-76(2,3)56-39-54(64-29-25-31-71-73(64)84-75(67-48-61(81(16,17)18)49-68(74(67)87)82(19,20)21)86(71)63-46-59(79(10,11)12)45-60(47-63)80(13,14)15)36-55(40-56)69-42-52(34-35-83-69)51-32-33-66-65-28-22-23-30-70(65)85(72(66)43-51)62-27-24-26-50(41-62)53-37-57(77(4,5)6)44-58(38-53)78(7,8)9/h22-49,87H,1-21H3. The van der Waals surface area contributed by atoms with Crippen LogP contribution in [0.2, 0.25) is 0 Å². The highest BCUT2D eigenvalue weighted by atomic mass is 16.3. The molecule has 0 atom stereocenters. The zero-order chi connectivity index (χ0) is 62.9. The Hall–Kier alpha value is -8.02. The summed E-state index contributed by atoms with van der Waals surface area (Å²) in [5.74, 6) is 0.977. The third kappa shape index (κ3) is 11.7. The number of aromatic nitrogens is 4. The molecule has 5 heteroatoms. The minimum Gasteiger partial charge on any atom is -0.507 e. The van der Waals surface area contributed by atoms with Gasteiger partial charge in [0.1, 0.15) is 11.6 Å². The van der Waals surface area contributed by atoms with Crippen LogP contribution in [0.4, 0.5) is 0 Å². The van der Waals surface area contributed by atoms with Crippen LogP contribution in [0.1, 0.15) is 184 Å². The number of imidazole rings is 1. The van der Waals surface area contributed by atoms with Crippen molar-refractivity contribution in [2.24, 2.45) is 0 Å². The van der Waals surface area contributed by atoms with Gasteiger partial charge in [-0.2, -0.15) is 0 Å². The van der Waals surface area contributed by atoms with Crippen molar-refractivity contribution in [3.8, 4) is 73.2 Å². The van der Waals surface area contributed by atoms with Gasteiger partial charge in [-0.1, -0.05) is 236 Å². The van der Waals surface area contributed by atoms with Crippen molar-refractivity contribution in [2.75, 3.05) is 0 Å². The van der Waals surface area contributed by atoms with E-state index in [0.29, 0.717) is 5.82 Å². The second-order valence-corrected chi connectivity index (χ2v) is 32.0. The van der Waals surface area contributed by atoms with Gasteiger partial charge in [0.15, 0.2) is 0 Å². The molecule has 0 aliphatic rings. The van der Waals surface area contributed by atoms with Gasteiger partial charge >= 0.3 is 0 Å². The molecule has 446 valence electrons. The molecule has 0 spiro atoms. The molecule has 3 aromatic heterocycles. The molecular formula is C82H92N4O. The zero-order valence-electron chi connectivity index (χ0n) is 55.9. The number of hydrogen-bond acceptors (Lipinski definition) is 3. The van der Waals surface area contributed by atoms with Crippen molar-refractivity contribution in [3.63, 3.8) is 0 Å². The van der Waals surface area contributed by atoms with Gasteiger partial charge in [-0.15, -0.1) is 0 Å². The maximum absolute atomic E-state index is 12.7. The summed E-state index contributed by atoms with van der Waals surface area (Å²) in [6.07, 6.45) is 1.96. The van der Waals surface area contributed by atoms with Gasteiger partial charge in [-0.3, -0.25) is 9.55 Å². The number of phenolic OH excluding ortho intramolecular Hbond substituents is 1. The number of phenols is 1. The maximum Gasteiger partial charge on any atom is 0.149 e. The summed E-state index contributed by atoms with van der Waals surface area (Å²) in [7, 11) is 0. The van der Waals surface area contributed by atoms with E-state index in [-0.39, 0.29) is 43.7 Å². The molecule has 3 heterocycles. The summed E-state index contributed by atoms with van der Waals surface area (Å²) in [4.78, 5) is 10.9. The van der Waals surface area contributed by atoms with Crippen molar-refractivity contribution in [1.29, 1.82) is 0 Å². The Morgan fingerprint density at radius 2 is 0.828 bits per heavy atom. The highest BCUT2D eigenvalue weighted by molar-refractivity contribution is 6.10. The largest absolute Gasteiger partial charge is 0.507 e. The van der Waals surface area contributed by atoms with E-state index >= 15 is 0 Å². The quantitative estimate of drug-likeness (QED) is 0.173. The normalized spacial score (nSPS) is 13.2. The van der Waals surface area contributed by atoms with Crippen LogP contribution in [0.5, 0.6) is 5.75 Å². The Morgan fingerprint density at radius 3 is 1.44 bits per heavy atom. The minimum absolute atomic E-state index is 0.00601. The molecule has 0 fully saturated rings. The first-order valence-corrected chi connectivity index (χ1v) is 31.4. The van der Waals surface area contributed by atoms with Crippen molar-refractivity contribution >= 4 is 32.8 Å². The first kappa shape index (κ1) is 60.7. The number of nitrogens with zero attached hydrogens (tertiary/aromatic N) is 4. The highest BCUT2D eigenvalue weighted by Crippen LogP contribution is 2.47. The fourth-order valence-corrected chi connectivity index (χ4v) is 12.2. The molecule has 11 aromatic rings. The first-order valence-electron chi connectivity index (χ1n) is 31.4. The molecule has 8 aromatic carbocycles. The van der Waals surface area contributed by atoms with Crippen LogP contribution in [-0.4, -0.2) is 24.2 Å². The maximum atomic E-state index is 12.7. The average Bonchev–Trinajstić information content (AvgIpc) is 1.65. The third-order valence-corrected chi connectivity index (χ3v) is 17.9. The van der Waals surface area contributed by atoms with Crippen LogP contribution in [-0.2, 0) is 37.9 Å². The number of pyridine rings is 1. The summed E-state index contributed by atoms with van der Waals surface area (Å²) in [5.41, 5.74) is 23.1. The number of benzene rings is 8. The Labute approximate surface area is 519 Å². The van der Waals surface area contributed by atoms with E-state index < -0.39 is 0 Å². The molecular weight excluding hydrogens is 1060 g/mol. The van der Waals surface area contributed by atoms with Gasteiger partial charge in [-0.25, -0.2) is 4.98 Å². The van der Waals surface area contributed by atoms with Crippen LogP contribution >= 0.6 is 0 Å².